The first kappa shape index (κ1) is 13.1. The average Bonchev–Trinajstić information content (AvgIpc) is 2.54. The highest BCUT2D eigenvalue weighted by atomic mass is 32.2. The van der Waals surface area contributed by atoms with Gasteiger partial charge in [-0.15, -0.1) is 0 Å². The molecule has 1 aromatic rings. The molecule has 0 fully saturated rings. The van der Waals surface area contributed by atoms with E-state index in [0.717, 1.165) is 0 Å². The summed E-state index contributed by atoms with van der Waals surface area (Å²) in [5, 5.41) is 3.60. The highest BCUT2D eigenvalue weighted by Crippen LogP contribution is 2.17. The van der Waals surface area contributed by atoms with E-state index in [0.29, 0.717) is 24.7 Å². The molecular weight excluding hydrogens is 232 g/mol. The summed E-state index contributed by atoms with van der Waals surface area (Å²) in [7, 11) is -3.55. The lowest BCUT2D eigenvalue weighted by molar-refractivity contribution is 0.153. The molecule has 0 saturated carbocycles. The number of aryl methyl sites for hydroxylation is 2. The van der Waals surface area contributed by atoms with Gasteiger partial charge in [-0.05, 0) is 20.8 Å². The molecule has 92 valence electrons. The molecule has 0 radical (unpaired) electrons. The van der Waals surface area contributed by atoms with Gasteiger partial charge in [0.25, 0.3) is 0 Å². The number of rotatable bonds is 6. The van der Waals surface area contributed by atoms with Crippen molar-refractivity contribution in [3.05, 3.63) is 11.5 Å². The van der Waals surface area contributed by atoms with E-state index in [-0.39, 0.29) is 11.4 Å². The molecule has 1 aromatic heterocycles. The van der Waals surface area contributed by atoms with Gasteiger partial charge in [-0.25, -0.2) is 13.1 Å². The Balaban J connectivity index is 2.71. The summed E-state index contributed by atoms with van der Waals surface area (Å²) in [5.74, 6) is 0.293. The van der Waals surface area contributed by atoms with E-state index in [1.54, 1.807) is 13.8 Å². The van der Waals surface area contributed by atoms with Crippen LogP contribution in [-0.4, -0.2) is 33.3 Å². The number of nitrogens with zero attached hydrogens (tertiary/aromatic N) is 1. The van der Waals surface area contributed by atoms with Crippen molar-refractivity contribution in [1.82, 2.24) is 9.88 Å². The first-order valence-corrected chi connectivity index (χ1v) is 6.47. The molecule has 0 bridgehead atoms. The van der Waals surface area contributed by atoms with Crippen molar-refractivity contribution in [3.63, 3.8) is 0 Å². The van der Waals surface area contributed by atoms with Crippen molar-refractivity contribution in [3.8, 4) is 0 Å². The maximum Gasteiger partial charge on any atom is 0.246 e. The van der Waals surface area contributed by atoms with Gasteiger partial charge in [0.15, 0.2) is 5.76 Å². The smallest absolute Gasteiger partial charge is 0.246 e. The fourth-order valence-corrected chi connectivity index (χ4v) is 2.66. The highest BCUT2D eigenvalue weighted by molar-refractivity contribution is 7.89. The van der Waals surface area contributed by atoms with Gasteiger partial charge in [0, 0.05) is 13.2 Å². The molecular formula is C9H16N2O4S. The molecule has 0 aliphatic carbocycles. The fraction of sp³-hybridized carbons (Fsp3) is 0.667. The maximum atomic E-state index is 11.8. The highest BCUT2D eigenvalue weighted by Gasteiger charge is 2.23. The van der Waals surface area contributed by atoms with Crippen molar-refractivity contribution in [1.29, 1.82) is 0 Å². The summed E-state index contributed by atoms with van der Waals surface area (Å²) in [6.07, 6.45) is 0. The molecule has 1 N–H and O–H groups in total. The Morgan fingerprint density at radius 2 is 2.12 bits per heavy atom. The van der Waals surface area contributed by atoms with Crippen LogP contribution in [0.3, 0.4) is 0 Å². The molecule has 7 heteroatoms. The van der Waals surface area contributed by atoms with Gasteiger partial charge in [0.1, 0.15) is 10.6 Å². The lowest BCUT2D eigenvalue weighted by Crippen LogP contribution is -2.28. The quantitative estimate of drug-likeness (QED) is 0.746. The minimum atomic E-state index is -3.55. The molecule has 0 saturated heterocycles. The molecule has 0 aliphatic rings. The zero-order valence-corrected chi connectivity index (χ0v) is 10.4. The number of ether oxygens (including phenoxy) is 1. The molecule has 6 nitrogen and oxygen atoms in total. The third-order valence-electron chi connectivity index (χ3n) is 1.98. The van der Waals surface area contributed by atoms with Crippen LogP contribution >= 0.6 is 0 Å². The van der Waals surface area contributed by atoms with Crippen LogP contribution in [0.15, 0.2) is 9.42 Å². The molecule has 1 heterocycles. The van der Waals surface area contributed by atoms with Crippen molar-refractivity contribution >= 4 is 10.0 Å². The van der Waals surface area contributed by atoms with E-state index in [1.165, 1.54) is 0 Å². The summed E-state index contributed by atoms with van der Waals surface area (Å²) in [4.78, 5) is 0.115. The number of hydrogen-bond acceptors (Lipinski definition) is 5. The molecule has 0 atom stereocenters. The predicted octanol–water partition coefficient (Wildman–Crippen LogP) is 0.606. The molecule has 0 spiro atoms. The van der Waals surface area contributed by atoms with Crippen LogP contribution in [0.25, 0.3) is 0 Å². The predicted molar refractivity (Wildman–Crippen MR) is 57.7 cm³/mol. The molecule has 0 unspecified atom stereocenters. The Bertz CT molecular complexity index is 419. The Kier molecular flexibility index (Phi) is 4.45. The van der Waals surface area contributed by atoms with Crippen LogP contribution in [0.4, 0.5) is 0 Å². The zero-order chi connectivity index (χ0) is 12.2. The number of aromatic nitrogens is 1. The molecule has 0 amide bonds. The van der Waals surface area contributed by atoms with Crippen LogP contribution < -0.4 is 4.72 Å². The van der Waals surface area contributed by atoms with E-state index in [4.69, 9.17) is 9.26 Å². The van der Waals surface area contributed by atoms with Crippen molar-refractivity contribution in [2.75, 3.05) is 19.8 Å². The second kappa shape index (κ2) is 5.42. The molecule has 16 heavy (non-hydrogen) atoms. The van der Waals surface area contributed by atoms with Crippen molar-refractivity contribution < 1.29 is 17.7 Å². The lowest BCUT2D eigenvalue weighted by atomic mass is 10.4. The van der Waals surface area contributed by atoms with E-state index in [2.05, 4.69) is 9.88 Å². The van der Waals surface area contributed by atoms with Crippen molar-refractivity contribution in [2.45, 2.75) is 25.7 Å². The first-order valence-electron chi connectivity index (χ1n) is 4.99. The van der Waals surface area contributed by atoms with Crippen molar-refractivity contribution in [2.24, 2.45) is 0 Å². The van der Waals surface area contributed by atoms with E-state index in [1.807, 2.05) is 6.92 Å². The van der Waals surface area contributed by atoms with Crippen LogP contribution in [0, 0.1) is 13.8 Å². The third-order valence-corrected chi connectivity index (χ3v) is 3.68. The van der Waals surface area contributed by atoms with Gasteiger partial charge in [-0.1, -0.05) is 5.16 Å². The minimum absolute atomic E-state index is 0.115. The largest absolute Gasteiger partial charge is 0.380 e. The van der Waals surface area contributed by atoms with E-state index < -0.39 is 10.0 Å². The third kappa shape index (κ3) is 3.03. The Morgan fingerprint density at radius 3 is 2.62 bits per heavy atom. The van der Waals surface area contributed by atoms with Crippen LogP contribution in [-0.2, 0) is 14.8 Å². The maximum absolute atomic E-state index is 11.8. The summed E-state index contributed by atoms with van der Waals surface area (Å²) in [5.41, 5.74) is 0.362. The first-order chi connectivity index (χ1) is 7.49. The average molecular weight is 248 g/mol. The number of nitrogens with one attached hydrogen (secondary N) is 1. The number of sulfonamides is 1. The van der Waals surface area contributed by atoms with E-state index >= 15 is 0 Å². The Morgan fingerprint density at radius 1 is 1.44 bits per heavy atom. The number of hydrogen-bond donors (Lipinski definition) is 1. The zero-order valence-electron chi connectivity index (χ0n) is 9.61. The van der Waals surface area contributed by atoms with E-state index in [9.17, 15) is 8.42 Å². The summed E-state index contributed by atoms with van der Waals surface area (Å²) in [6, 6.07) is 0. The Hall–Kier alpha value is -0.920. The fourth-order valence-electron chi connectivity index (χ4n) is 1.32. The van der Waals surface area contributed by atoms with Crippen LogP contribution in [0.1, 0.15) is 18.4 Å². The van der Waals surface area contributed by atoms with Gasteiger partial charge >= 0.3 is 0 Å². The Labute approximate surface area is 95.0 Å². The molecule has 0 aromatic carbocycles. The molecule has 1 rings (SSSR count). The van der Waals surface area contributed by atoms with Gasteiger partial charge in [-0.3, -0.25) is 0 Å². The summed E-state index contributed by atoms with van der Waals surface area (Å²) in [6.45, 7) is 6.15. The monoisotopic (exact) mass is 248 g/mol. The topological polar surface area (TPSA) is 81.4 Å². The summed E-state index contributed by atoms with van der Waals surface area (Å²) < 4.78 is 35.9. The van der Waals surface area contributed by atoms with Crippen LogP contribution in [0.2, 0.25) is 0 Å². The second-order valence-electron chi connectivity index (χ2n) is 3.25. The second-order valence-corrected chi connectivity index (χ2v) is 4.95. The van der Waals surface area contributed by atoms with Gasteiger partial charge in [-0.2, -0.15) is 0 Å². The normalized spacial score (nSPS) is 11.9. The standard InChI is InChI=1S/C9H16N2O4S/c1-4-14-6-5-10-16(12,13)9-7(2)11-15-8(9)3/h10H,4-6H2,1-3H3. The van der Waals surface area contributed by atoms with Gasteiger partial charge in [0.05, 0.1) is 6.61 Å². The van der Waals surface area contributed by atoms with Gasteiger partial charge in [0.2, 0.25) is 10.0 Å². The minimum Gasteiger partial charge on any atom is -0.380 e. The van der Waals surface area contributed by atoms with Gasteiger partial charge < -0.3 is 9.26 Å². The lowest BCUT2D eigenvalue weighted by Gasteiger charge is -2.05. The summed E-state index contributed by atoms with van der Waals surface area (Å²) >= 11 is 0. The molecule has 0 aliphatic heterocycles. The van der Waals surface area contributed by atoms with Crippen LogP contribution in [0.5, 0.6) is 0 Å². The SMILES string of the molecule is CCOCCNS(=O)(=O)c1c(C)noc1C.